The fourth-order valence-electron chi connectivity index (χ4n) is 3.59. The van der Waals surface area contributed by atoms with Gasteiger partial charge in [0.2, 0.25) is 0 Å². The molecule has 2 atom stereocenters. The Labute approximate surface area is 166 Å². The topological polar surface area (TPSA) is 46.6 Å². The molecule has 0 aromatic heterocycles. The van der Waals surface area contributed by atoms with Crippen molar-refractivity contribution in [2.45, 2.75) is 47.1 Å². The number of aryl methyl sites for hydroxylation is 2. The van der Waals surface area contributed by atoms with Crippen molar-refractivity contribution in [3.63, 3.8) is 0 Å². The van der Waals surface area contributed by atoms with Gasteiger partial charge in [0.05, 0.1) is 23.2 Å². The van der Waals surface area contributed by atoms with Crippen LogP contribution in [-0.4, -0.2) is 17.9 Å². The van der Waals surface area contributed by atoms with Gasteiger partial charge in [-0.1, -0.05) is 62.4 Å². The van der Waals surface area contributed by atoms with E-state index in [1.165, 1.54) is 0 Å². The van der Waals surface area contributed by atoms with Crippen LogP contribution >= 0.6 is 0 Å². The van der Waals surface area contributed by atoms with Crippen LogP contribution in [0.1, 0.15) is 43.9 Å². The van der Waals surface area contributed by atoms with Crippen LogP contribution in [0.2, 0.25) is 0 Å². The molecule has 0 N–H and O–H groups in total. The molecule has 0 spiro atoms. The summed E-state index contributed by atoms with van der Waals surface area (Å²) < 4.78 is 5.82. The van der Waals surface area contributed by atoms with Gasteiger partial charge in [-0.05, 0) is 43.9 Å². The predicted octanol–water partition coefficient (Wildman–Crippen LogP) is 5.04. The molecule has 2 aromatic rings. The smallest absolute Gasteiger partial charge is 0.313 e. The number of nitrogens with zero attached hydrogens (tertiary/aromatic N) is 1. The molecule has 146 valence electrons. The molecule has 0 saturated heterocycles. The predicted molar refractivity (Wildman–Crippen MR) is 112 cm³/mol. The first kappa shape index (κ1) is 19.9. The number of carbonyl (C=O) groups excluding carboxylic acids is 2. The van der Waals surface area contributed by atoms with Crippen molar-refractivity contribution >= 4 is 23.1 Å². The Bertz CT molecular complexity index is 910. The SMILES string of the molecule is CCC(C)C(=O)OC1=C(c2ccccc2)C(=O)N(c2c(C)cccc2C)C1C. The number of para-hydroxylation sites is 1. The van der Waals surface area contributed by atoms with Crippen molar-refractivity contribution in [2.75, 3.05) is 4.90 Å². The molecular weight excluding hydrogens is 350 g/mol. The van der Waals surface area contributed by atoms with E-state index in [2.05, 4.69) is 0 Å². The first-order chi connectivity index (χ1) is 13.4. The Hall–Kier alpha value is -2.88. The summed E-state index contributed by atoms with van der Waals surface area (Å²) >= 11 is 0. The molecule has 1 heterocycles. The third-order valence-corrected chi connectivity index (χ3v) is 5.41. The minimum absolute atomic E-state index is 0.136. The highest BCUT2D eigenvalue weighted by atomic mass is 16.5. The zero-order chi connectivity index (χ0) is 20.4. The second-order valence-corrected chi connectivity index (χ2v) is 7.43. The number of rotatable bonds is 5. The van der Waals surface area contributed by atoms with Crippen LogP contribution in [0.15, 0.2) is 54.3 Å². The van der Waals surface area contributed by atoms with Gasteiger partial charge in [-0.2, -0.15) is 0 Å². The number of ether oxygens (including phenoxy) is 1. The van der Waals surface area contributed by atoms with Crippen molar-refractivity contribution < 1.29 is 14.3 Å². The highest BCUT2D eigenvalue weighted by Gasteiger charge is 2.41. The van der Waals surface area contributed by atoms with Gasteiger partial charge in [0.15, 0.2) is 0 Å². The Morgan fingerprint density at radius 3 is 2.25 bits per heavy atom. The molecule has 0 fully saturated rings. The van der Waals surface area contributed by atoms with Gasteiger partial charge in [-0.25, -0.2) is 0 Å². The van der Waals surface area contributed by atoms with Gasteiger partial charge in [0.25, 0.3) is 5.91 Å². The van der Waals surface area contributed by atoms with Crippen molar-refractivity contribution in [3.8, 4) is 0 Å². The number of amides is 1. The lowest BCUT2D eigenvalue weighted by atomic mass is 10.0. The normalized spacial score (nSPS) is 17.8. The van der Waals surface area contributed by atoms with Gasteiger partial charge < -0.3 is 4.74 Å². The van der Waals surface area contributed by atoms with E-state index in [0.717, 1.165) is 22.4 Å². The van der Waals surface area contributed by atoms with E-state index in [1.54, 1.807) is 4.90 Å². The molecule has 2 unspecified atom stereocenters. The van der Waals surface area contributed by atoms with Crippen molar-refractivity contribution in [1.82, 2.24) is 0 Å². The maximum Gasteiger partial charge on any atom is 0.313 e. The fourth-order valence-corrected chi connectivity index (χ4v) is 3.59. The summed E-state index contributed by atoms with van der Waals surface area (Å²) in [6.07, 6.45) is 0.690. The monoisotopic (exact) mass is 377 g/mol. The Balaban J connectivity index is 2.12. The highest BCUT2D eigenvalue weighted by Crippen LogP contribution is 2.39. The van der Waals surface area contributed by atoms with Gasteiger partial charge in [0.1, 0.15) is 5.76 Å². The van der Waals surface area contributed by atoms with E-state index in [1.807, 2.05) is 83.1 Å². The van der Waals surface area contributed by atoms with Crippen LogP contribution in [0.4, 0.5) is 5.69 Å². The van der Waals surface area contributed by atoms with Crippen LogP contribution in [0.3, 0.4) is 0 Å². The first-order valence-corrected chi connectivity index (χ1v) is 9.77. The van der Waals surface area contributed by atoms with Crippen LogP contribution in [0.5, 0.6) is 0 Å². The summed E-state index contributed by atoms with van der Waals surface area (Å²) in [5.74, 6) is -0.220. The van der Waals surface area contributed by atoms with Crippen LogP contribution in [0.25, 0.3) is 5.57 Å². The Morgan fingerprint density at radius 2 is 1.68 bits per heavy atom. The minimum atomic E-state index is -0.365. The molecule has 28 heavy (non-hydrogen) atoms. The summed E-state index contributed by atoms with van der Waals surface area (Å²) in [7, 11) is 0. The van der Waals surface area contributed by atoms with E-state index in [4.69, 9.17) is 4.74 Å². The summed E-state index contributed by atoms with van der Waals surface area (Å²) in [5, 5.41) is 0. The van der Waals surface area contributed by atoms with Crippen molar-refractivity contribution in [3.05, 3.63) is 71.0 Å². The summed E-state index contributed by atoms with van der Waals surface area (Å²) in [6, 6.07) is 15.0. The Kier molecular flexibility index (Phi) is 5.68. The zero-order valence-electron chi connectivity index (χ0n) is 17.2. The molecule has 1 amide bonds. The molecule has 2 aromatic carbocycles. The number of hydrogen-bond donors (Lipinski definition) is 0. The minimum Gasteiger partial charge on any atom is -0.428 e. The van der Waals surface area contributed by atoms with Crippen LogP contribution in [-0.2, 0) is 14.3 Å². The molecular formula is C24H27NO3. The van der Waals surface area contributed by atoms with E-state index < -0.39 is 0 Å². The lowest BCUT2D eigenvalue weighted by Gasteiger charge is -2.27. The third-order valence-electron chi connectivity index (χ3n) is 5.41. The van der Waals surface area contributed by atoms with Gasteiger partial charge in [0, 0.05) is 0 Å². The maximum absolute atomic E-state index is 13.5. The average molecular weight is 377 g/mol. The van der Waals surface area contributed by atoms with Crippen LogP contribution < -0.4 is 4.90 Å². The lowest BCUT2D eigenvalue weighted by Crippen LogP contribution is -2.35. The molecule has 0 bridgehead atoms. The molecule has 1 aliphatic heterocycles. The number of anilines is 1. The molecule has 1 aliphatic rings. The van der Waals surface area contributed by atoms with E-state index in [-0.39, 0.29) is 23.8 Å². The maximum atomic E-state index is 13.5. The second-order valence-electron chi connectivity index (χ2n) is 7.43. The summed E-state index contributed by atoms with van der Waals surface area (Å²) in [6.45, 7) is 9.70. The molecule has 3 rings (SSSR count). The standard InChI is InChI=1S/C24H27NO3/c1-6-15(2)24(27)28-22-18(5)25(21-16(3)11-10-12-17(21)4)23(26)20(22)19-13-8-7-9-14-19/h7-15,18H,6H2,1-5H3. The molecule has 0 radical (unpaired) electrons. The van der Waals surface area contributed by atoms with Gasteiger partial charge in [-0.3, -0.25) is 14.5 Å². The molecule has 4 nitrogen and oxygen atoms in total. The van der Waals surface area contributed by atoms with Crippen LogP contribution in [0, 0.1) is 19.8 Å². The quantitative estimate of drug-likeness (QED) is 0.686. The van der Waals surface area contributed by atoms with Crippen molar-refractivity contribution in [2.24, 2.45) is 5.92 Å². The second kappa shape index (κ2) is 8.01. The van der Waals surface area contributed by atoms with Gasteiger partial charge in [-0.15, -0.1) is 0 Å². The fraction of sp³-hybridized carbons (Fsp3) is 0.333. The highest BCUT2D eigenvalue weighted by molar-refractivity contribution is 6.30. The van der Waals surface area contributed by atoms with E-state index in [9.17, 15) is 9.59 Å². The summed E-state index contributed by atoms with van der Waals surface area (Å²) in [5.41, 5.74) is 4.14. The van der Waals surface area contributed by atoms with Crippen molar-refractivity contribution in [1.29, 1.82) is 0 Å². The van der Waals surface area contributed by atoms with E-state index in [0.29, 0.717) is 17.8 Å². The number of benzene rings is 2. The molecule has 4 heteroatoms. The van der Waals surface area contributed by atoms with E-state index >= 15 is 0 Å². The average Bonchev–Trinajstić information content (AvgIpc) is 2.92. The van der Waals surface area contributed by atoms with Gasteiger partial charge >= 0.3 is 5.97 Å². The molecule has 0 aliphatic carbocycles. The number of carbonyl (C=O) groups is 2. The summed E-state index contributed by atoms with van der Waals surface area (Å²) in [4.78, 5) is 27.8. The zero-order valence-corrected chi connectivity index (χ0v) is 17.2. The first-order valence-electron chi connectivity index (χ1n) is 9.77. The lowest BCUT2D eigenvalue weighted by molar-refractivity contribution is -0.143. The molecule has 0 saturated carbocycles. The number of hydrogen-bond acceptors (Lipinski definition) is 3. The third kappa shape index (κ3) is 3.47. The number of esters is 1. The largest absolute Gasteiger partial charge is 0.428 e. The Morgan fingerprint density at radius 1 is 1.07 bits per heavy atom.